The van der Waals surface area contributed by atoms with Gasteiger partial charge in [-0.25, -0.2) is 0 Å². The Morgan fingerprint density at radius 1 is 0.685 bits per heavy atom. The van der Waals surface area contributed by atoms with Crippen LogP contribution in [-0.4, -0.2) is 23.9 Å². The summed E-state index contributed by atoms with van der Waals surface area (Å²) in [7, 11) is 0. The van der Waals surface area contributed by atoms with Crippen LogP contribution in [0.1, 0.15) is 98.3 Å². The maximum atomic E-state index is 13.9. The minimum Gasteiger partial charge on any atom is -0.431 e. The number of anilines is 1. The molecule has 0 saturated carbocycles. The number of ketones is 1. The average molecular weight is 785 g/mol. The highest BCUT2D eigenvalue weighted by molar-refractivity contribution is 7.99. The van der Waals surface area contributed by atoms with E-state index in [2.05, 4.69) is 4.98 Å². The van der Waals surface area contributed by atoms with E-state index < -0.39 is 23.5 Å². The molecular formula is C42H42F6N2O2S2. The van der Waals surface area contributed by atoms with Gasteiger partial charge in [-0.15, -0.1) is 0 Å². The first kappa shape index (κ1) is 41.0. The maximum Gasteiger partial charge on any atom is 0.417 e. The van der Waals surface area contributed by atoms with Crippen LogP contribution in [0.2, 0.25) is 0 Å². The largest absolute Gasteiger partial charge is 0.431 e. The zero-order chi connectivity index (χ0) is 39.2. The van der Waals surface area contributed by atoms with E-state index in [-0.39, 0.29) is 33.0 Å². The second kappa shape index (κ2) is 17.5. The molecule has 4 aromatic carbocycles. The van der Waals surface area contributed by atoms with Crippen LogP contribution in [0.3, 0.4) is 0 Å². The summed E-state index contributed by atoms with van der Waals surface area (Å²) in [4.78, 5) is 19.8. The van der Waals surface area contributed by atoms with Gasteiger partial charge in [-0.2, -0.15) is 31.3 Å². The van der Waals surface area contributed by atoms with Crippen LogP contribution in [0.5, 0.6) is 0 Å². The molecule has 12 heteroatoms. The van der Waals surface area contributed by atoms with Gasteiger partial charge in [-0.05, 0) is 85.5 Å². The summed E-state index contributed by atoms with van der Waals surface area (Å²) in [5.41, 5.74) is 1.50. The molecule has 0 spiro atoms. The lowest BCUT2D eigenvalue weighted by Crippen LogP contribution is -2.29. The van der Waals surface area contributed by atoms with Crippen LogP contribution >= 0.6 is 23.5 Å². The molecule has 1 aliphatic heterocycles. The molecule has 6 rings (SSSR count). The number of rotatable bonds is 9. The zero-order valence-electron chi connectivity index (χ0n) is 30.6. The third-order valence-electron chi connectivity index (χ3n) is 8.91. The van der Waals surface area contributed by atoms with Crippen molar-refractivity contribution in [1.82, 2.24) is 4.98 Å². The summed E-state index contributed by atoms with van der Waals surface area (Å²) in [5, 5.41) is 0. The van der Waals surface area contributed by atoms with E-state index in [1.54, 1.807) is 6.07 Å². The number of hydrogen-bond acceptors (Lipinski definition) is 6. The van der Waals surface area contributed by atoms with E-state index in [9.17, 15) is 31.1 Å². The van der Waals surface area contributed by atoms with Crippen molar-refractivity contribution in [1.29, 1.82) is 0 Å². The van der Waals surface area contributed by atoms with Crippen molar-refractivity contribution >= 4 is 35.3 Å². The Morgan fingerprint density at radius 2 is 1.19 bits per heavy atom. The third-order valence-corrected chi connectivity index (χ3v) is 11.2. The standard InChI is InChI=1S/C24H25F3N2OS.C18H17F3OS/c1-16(2)18-8-4-5-9-21(18)31-22-11-10-17(14-19(22)24(25,26)27)20-15-30-23(28-20)29-12-6-3-7-13-29;1-11(2)14-6-4-5-7-16(14)23-17-9-8-13(12(3)22)10-15(17)18(19,20)21/h4-5,8-11,14-16H,3,6-7,12-13H2,1-2H3;4-11H,1-3H3. The third kappa shape index (κ3) is 10.3. The van der Waals surface area contributed by atoms with Gasteiger partial charge in [0.2, 0.25) is 0 Å². The second-order valence-electron chi connectivity index (χ2n) is 13.6. The molecule has 0 atom stereocenters. The highest BCUT2D eigenvalue weighted by Gasteiger charge is 2.35. The van der Waals surface area contributed by atoms with Crippen LogP contribution in [0, 0.1) is 0 Å². The quantitative estimate of drug-likeness (QED) is 0.110. The number of benzene rings is 4. The van der Waals surface area contributed by atoms with Gasteiger partial charge in [0.1, 0.15) is 12.0 Å². The number of piperidine rings is 1. The number of aromatic nitrogens is 1. The maximum absolute atomic E-state index is 13.9. The Bertz CT molecular complexity index is 2050. The number of Topliss-reactive ketones (excluding diaryl/α,β-unsaturated/α-hetero) is 1. The normalized spacial score (nSPS) is 13.6. The molecule has 54 heavy (non-hydrogen) atoms. The fourth-order valence-corrected chi connectivity index (χ4v) is 8.48. The number of carbonyl (C=O) groups is 1. The van der Waals surface area contributed by atoms with E-state index in [1.165, 1.54) is 43.9 Å². The summed E-state index contributed by atoms with van der Waals surface area (Å²) in [6.07, 6.45) is -4.21. The van der Waals surface area contributed by atoms with Crippen molar-refractivity contribution in [2.45, 2.75) is 97.7 Å². The lowest BCUT2D eigenvalue weighted by molar-refractivity contribution is -0.140. The summed E-state index contributed by atoms with van der Waals surface area (Å²) < 4.78 is 87.4. The van der Waals surface area contributed by atoms with Crippen LogP contribution in [0.25, 0.3) is 11.3 Å². The van der Waals surface area contributed by atoms with Crippen LogP contribution in [-0.2, 0) is 12.4 Å². The Morgan fingerprint density at radius 3 is 1.69 bits per heavy atom. The van der Waals surface area contributed by atoms with E-state index in [0.29, 0.717) is 17.3 Å². The van der Waals surface area contributed by atoms with Gasteiger partial charge in [-0.1, -0.05) is 99.7 Å². The predicted octanol–water partition coefficient (Wildman–Crippen LogP) is 13.8. The lowest BCUT2D eigenvalue weighted by Gasteiger charge is -2.24. The van der Waals surface area contributed by atoms with Gasteiger partial charge >= 0.3 is 12.4 Å². The molecule has 0 aliphatic carbocycles. The summed E-state index contributed by atoms with van der Waals surface area (Å²) in [6, 6.07) is 23.7. The fourth-order valence-electron chi connectivity index (χ4n) is 6.02. The van der Waals surface area contributed by atoms with Crippen molar-refractivity contribution in [3.63, 3.8) is 0 Å². The average Bonchev–Trinajstić information content (AvgIpc) is 3.63. The summed E-state index contributed by atoms with van der Waals surface area (Å²) >= 11 is 2.24. The molecule has 5 aromatic rings. The molecule has 0 bridgehead atoms. The highest BCUT2D eigenvalue weighted by Crippen LogP contribution is 2.44. The number of hydrogen-bond donors (Lipinski definition) is 0. The summed E-state index contributed by atoms with van der Waals surface area (Å²) in [6.45, 7) is 11.1. The number of carbonyl (C=O) groups excluding carboxylic acids is 1. The van der Waals surface area contributed by atoms with Gasteiger partial charge in [0, 0.05) is 43.8 Å². The minimum atomic E-state index is -4.50. The van der Waals surface area contributed by atoms with Crippen molar-refractivity contribution in [3.8, 4) is 11.3 Å². The summed E-state index contributed by atoms with van der Waals surface area (Å²) in [5.74, 6) is 0.0554. The van der Waals surface area contributed by atoms with Gasteiger partial charge in [-0.3, -0.25) is 4.79 Å². The van der Waals surface area contributed by atoms with Crippen LogP contribution < -0.4 is 4.90 Å². The Balaban J connectivity index is 0.000000218. The van der Waals surface area contributed by atoms with E-state index in [4.69, 9.17) is 4.42 Å². The van der Waals surface area contributed by atoms with Gasteiger partial charge in [0.25, 0.3) is 6.01 Å². The minimum absolute atomic E-state index is 0.0684. The SMILES string of the molecule is CC(=O)c1ccc(Sc2ccccc2C(C)C)c(C(F)(F)F)c1.CC(C)c1ccccc1Sc1ccc(-c2coc(N3CCCCC3)n2)cc1C(F)(F)F. The van der Waals surface area contributed by atoms with Crippen molar-refractivity contribution < 1.29 is 35.6 Å². The number of halogens is 6. The zero-order valence-corrected chi connectivity index (χ0v) is 32.3. The van der Waals surface area contributed by atoms with E-state index >= 15 is 0 Å². The fraction of sp³-hybridized carbons (Fsp3) is 0.333. The van der Waals surface area contributed by atoms with Gasteiger partial charge in [0.05, 0.1) is 11.1 Å². The molecule has 4 nitrogen and oxygen atoms in total. The lowest BCUT2D eigenvalue weighted by atomic mass is 10.0. The molecule has 286 valence electrons. The van der Waals surface area contributed by atoms with E-state index in [0.717, 1.165) is 76.4 Å². The molecule has 0 amide bonds. The van der Waals surface area contributed by atoms with Crippen molar-refractivity contribution in [2.75, 3.05) is 18.0 Å². The second-order valence-corrected chi connectivity index (χ2v) is 15.8. The van der Waals surface area contributed by atoms with Crippen molar-refractivity contribution in [2.24, 2.45) is 0 Å². The molecule has 1 aliphatic rings. The molecule has 2 heterocycles. The van der Waals surface area contributed by atoms with Crippen LogP contribution in [0.15, 0.2) is 115 Å². The van der Waals surface area contributed by atoms with E-state index in [1.807, 2.05) is 81.1 Å². The highest BCUT2D eigenvalue weighted by atomic mass is 32.2. The number of alkyl halides is 6. The van der Waals surface area contributed by atoms with Gasteiger partial charge < -0.3 is 9.32 Å². The molecule has 1 saturated heterocycles. The van der Waals surface area contributed by atoms with Crippen LogP contribution in [0.4, 0.5) is 32.4 Å². The molecular weight excluding hydrogens is 743 g/mol. The van der Waals surface area contributed by atoms with Crippen molar-refractivity contribution in [3.05, 3.63) is 119 Å². The molecule has 0 unspecified atom stereocenters. The number of nitrogens with zero attached hydrogens (tertiary/aromatic N) is 2. The Labute approximate surface area is 320 Å². The Kier molecular flexibility index (Phi) is 13.3. The van der Waals surface area contributed by atoms with Gasteiger partial charge in [0.15, 0.2) is 5.78 Å². The molecule has 1 fully saturated rings. The number of oxazole rings is 1. The molecule has 0 radical (unpaired) electrons. The predicted molar refractivity (Wildman–Crippen MR) is 204 cm³/mol. The topological polar surface area (TPSA) is 46.3 Å². The smallest absolute Gasteiger partial charge is 0.417 e. The first-order chi connectivity index (χ1) is 25.5. The monoisotopic (exact) mass is 784 g/mol. The molecule has 1 aromatic heterocycles. The molecule has 0 N–H and O–H groups in total. The Hall–Kier alpha value is -4.16. The first-order valence-corrected chi connectivity index (χ1v) is 19.3. The first-order valence-electron chi connectivity index (χ1n) is 17.7.